The molecule has 1 heterocycles. The van der Waals surface area contributed by atoms with Gasteiger partial charge in [0, 0.05) is 31.8 Å². The van der Waals surface area contributed by atoms with E-state index >= 15 is 0 Å². The van der Waals surface area contributed by atoms with E-state index in [1.54, 1.807) is 6.92 Å². The maximum atomic E-state index is 13.7. The predicted octanol–water partition coefficient (Wildman–Crippen LogP) is 0.340. The van der Waals surface area contributed by atoms with Crippen molar-refractivity contribution >= 4 is 16.0 Å². The second-order valence-electron chi connectivity index (χ2n) is 5.34. The lowest BCUT2D eigenvalue weighted by molar-refractivity contribution is -0.147. The molecule has 0 saturated carbocycles. The third kappa shape index (κ3) is 3.89. The molecule has 1 fully saturated rings. The molecule has 2 unspecified atom stereocenters. The number of hydrazine groups is 1. The number of ether oxygens (including phenoxy) is 1. The minimum absolute atomic E-state index is 0.0288. The van der Waals surface area contributed by atoms with Crippen LogP contribution in [0.5, 0.6) is 0 Å². The summed E-state index contributed by atoms with van der Waals surface area (Å²) in [4.78, 5) is 11.9. The lowest BCUT2D eigenvalue weighted by Gasteiger charge is -2.24. The number of benzene rings is 1. The highest BCUT2D eigenvalue weighted by molar-refractivity contribution is 7.89. The Kier molecular flexibility index (Phi) is 5.86. The van der Waals surface area contributed by atoms with Crippen molar-refractivity contribution < 1.29 is 26.7 Å². The lowest BCUT2D eigenvalue weighted by atomic mass is 10.2. The van der Waals surface area contributed by atoms with Crippen molar-refractivity contribution in [3.63, 3.8) is 0 Å². The fourth-order valence-electron chi connectivity index (χ4n) is 2.39. The number of halogens is 2. The van der Waals surface area contributed by atoms with Crippen molar-refractivity contribution in [3.05, 3.63) is 35.4 Å². The van der Waals surface area contributed by atoms with Gasteiger partial charge in [0.2, 0.25) is 10.0 Å². The summed E-state index contributed by atoms with van der Waals surface area (Å²) >= 11 is 0. The van der Waals surface area contributed by atoms with Crippen LogP contribution in [-0.4, -0.2) is 44.3 Å². The fourth-order valence-corrected chi connectivity index (χ4v) is 3.95. The van der Waals surface area contributed by atoms with Crippen LogP contribution in [0.2, 0.25) is 0 Å². The highest BCUT2D eigenvalue weighted by atomic mass is 32.2. The third-order valence-corrected chi connectivity index (χ3v) is 5.77. The largest absolute Gasteiger partial charge is 0.466 e. The second kappa shape index (κ2) is 7.51. The molecule has 2 rings (SSSR count). The number of nitrogens with zero attached hydrogens (tertiary/aromatic N) is 1. The summed E-state index contributed by atoms with van der Waals surface area (Å²) in [7, 11) is -2.71. The SMILES string of the molecule is CCOC(=O)C1CNNC1S(=O)(=O)N(C)Cc1ccc(F)cc1F. The van der Waals surface area contributed by atoms with Crippen molar-refractivity contribution in [2.45, 2.75) is 18.8 Å². The van der Waals surface area contributed by atoms with E-state index in [-0.39, 0.29) is 25.3 Å². The maximum absolute atomic E-state index is 13.7. The molecule has 1 aromatic rings. The Balaban J connectivity index is 2.17. The molecule has 1 saturated heterocycles. The average molecular weight is 363 g/mol. The van der Waals surface area contributed by atoms with Gasteiger partial charge >= 0.3 is 5.97 Å². The van der Waals surface area contributed by atoms with E-state index in [2.05, 4.69) is 10.9 Å². The Labute approximate surface area is 139 Å². The first-order valence-electron chi connectivity index (χ1n) is 7.31. The summed E-state index contributed by atoms with van der Waals surface area (Å²) in [6.45, 7) is 1.57. The number of sulfonamides is 1. The highest BCUT2D eigenvalue weighted by Gasteiger charge is 2.44. The molecular weight excluding hydrogens is 344 g/mol. The summed E-state index contributed by atoms with van der Waals surface area (Å²) in [6.07, 6.45) is 0. The van der Waals surface area contributed by atoms with Crippen LogP contribution in [0.1, 0.15) is 12.5 Å². The number of rotatable bonds is 6. The van der Waals surface area contributed by atoms with Crippen LogP contribution in [0.4, 0.5) is 8.78 Å². The fraction of sp³-hybridized carbons (Fsp3) is 0.500. The van der Waals surface area contributed by atoms with Crippen LogP contribution in [0.25, 0.3) is 0 Å². The molecule has 1 aliphatic rings. The Morgan fingerprint density at radius 3 is 2.75 bits per heavy atom. The molecule has 7 nitrogen and oxygen atoms in total. The van der Waals surface area contributed by atoms with Crippen LogP contribution in [0.15, 0.2) is 18.2 Å². The molecule has 0 aliphatic carbocycles. The molecule has 24 heavy (non-hydrogen) atoms. The van der Waals surface area contributed by atoms with Crippen molar-refractivity contribution in [1.82, 2.24) is 15.2 Å². The Morgan fingerprint density at radius 2 is 2.12 bits per heavy atom. The van der Waals surface area contributed by atoms with Gasteiger partial charge in [-0.15, -0.1) is 0 Å². The van der Waals surface area contributed by atoms with Gasteiger partial charge in [-0.1, -0.05) is 6.07 Å². The Bertz CT molecular complexity index is 714. The number of carbonyl (C=O) groups excluding carboxylic acids is 1. The van der Waals surface area contributed by atoms with E-state index in [1.807, 2.05) is 0 Å². The zero-order chi connectivity index (χ0) is 17.9. The molecule has 2 N–H and O–H groups in total. The van der Waals surface area contributed by atoms with Gasteiger partial charge in [0.25, 0.3) is 0 Å². The molecular formula is C14H19F2N3O4S. The van der Waals surface area contributed by atoms with Crippen LogP contribution in [0, 0.1) is 17.6 Å². The van der Waals surface area contributed by atoms with Crippen molar-refractivity contribution in [2.75, 3.05) is 20.2 Å². The molecule has 0 amide bonds. The van der Waals surface area contributed by atoms with E-state index in [0.717, 1.165) is 10.4 Å². The maximum Gasteiger partial charge on any atom is 0.313 e. The molecule has 2 atom stereocenters. The minimum atomic E-state index is -3.98. The molecule has 0 aromatic heterocycles. The van der Waals surface area contributed by atoms with Crippen molar-refractivity contribution in [3.8, 4) is 0 Å². The third-order valence-electron chi connectivity index (χ3n) is 3.68. The predicted molar refractivity (Wildman–Crippen MR) is 81.8 cm³/mol. The summed E-state index contributed by atoms with van der Waals surface area (Å²) in [5.41, 5.74) is 5.20. The molecule has 0 bridgehead atoms. The molecule has 1 aliphatic heterocycles. The van der Waals surface area contributed by atoms with Crippen LogP contribution >= 0.6 is 0 Å². The van der Waals surface area contributed by atoms with Gasteiger partial charge in [0.1, 0.15) is 17.6 Å². The first kappa shape index (κ1) is 18.7. The molecule has 134 valence electrons. The summed E-state index contributed by atoms with van der Waals surface area (Å²) in [5.74, 6) is -3.14. The number of hydrogen-bond acceptors (Lipinski definition) is 6. The zero-order valence-electron chi connectivity index (χ0n) is 13.3. The van der Waals surface area contributed by atoms with Gasteiger partial charge in [0.05, 0.1) is 6.61 Å². The summed E-state index contributed by atoms with van der Waals surface area (Å²) < 4.78 is 57.8. The van der Waals surface area contributed by atoms with E-state index in [9.17, 15) is 22.0 Å². The van der Waals surface area contributed by atoms with Crippen LogP contribution in [-0.2, 0) is 26.1 Å². The first-order chi connectivity index (χ1) is 11.3. The van der Waals surface area contributed by atoms with E-state index < -0.39 is 38.9 Å². The molecule has 0 radical (unpaired) electrons. The monoisotopic (exact) mass is 363 g/mol. The highest BCUT2D eigenvalue weighted by Crippen LogP contribution is 2.21. The average Bonchev–Trinajstić information content (AvgIpc) is 3.00. The Hall–Kier alpha value is -1.62. The normalized spacial score (nSPS) is 21.2. The lowest BCUT2D eigenvalue weighted by Crippen LogP contribution is -2.47. The summed E-state index contributed by atoms with van der Waals surface area (Å²) in [6, 6.07) is 2.92. The van der Waals surface area contributed by atoms with Gasteiger partial charge < -0.3 is 4.74 Å². The topological polar surface area (TPSA) is 87.7 Å². The van der Waals surface area contributed by atoms with E-state index in [4.69, 9.17) is 4.74 Å². The Morgan fingerprint density at radius 1 is 1.42 bits per heavy atom. The number of esters is 1. The molecule has 10 heteroatoms. The van der Waals surface area contributed by atoms with Crippen LogP contribution < -0.4 is 10.9 Å². The minimum Gasteiger partial charge on any atom is -0.466 e. The quantitative estimate of drug-likeness (QED) is 0.709. The standard InChI is InChI=1S/C14H19F2N3O4S/c1-3-23-14(20)11-7-17-18-13(11)24(21,22)19(2)8-9-4-5-10(15)6-12(9)16/h4-6,11,13,17-18H,3,7-8H2,1-2H3. The molecule has 1 aromatic carbocycles. The van der Waals surface area contributed by atoms with Gasteiger partial charge in [-0.2, -0.15) is 4.31 Å². The zero-order valence-corrected chi connectivity index (χ0v) is 14.1. The van der Waals surface area contributed by atoms with Crippen molar-refractivity contribution in [1.29, 1.82) is 0 Å². The molecule has 0 spiro atoms. The van der Waals surface area contributed by atoms with Gasteiger partial charge in [0.15, 0.2) is 5.37 Å². The number of nitrogens with one attached hydrogen (secondary N) is 2. The number of hydrogen-bond donors (Lipinski definition) is 2. The number of carbonyl (C=O) groups is 1. The van der Waals surface area contributed by atoms with E-state index in [0.29, 0.717) is 6.07 Å². The smallest absolute Gasteiger partial charge is 0.313 e. The van der Waals surface area contributed by atoms with Gasteiger partial charge in [-0.3, -0.25) is 10.2 Å². The summed E-state index contributed by atoms with van der Waals surface area (Å²) in [5, 5.41) is -1.23. The van der Waals surface area contributed by atoms with Crippen molar-refractivity contribution in [2.24, 2.45) is 5.92 Å². The van der Waals surface area contributed by atoms with Gasteiger partial charge in [-0.25, -0.2) is 22.6 Å². The second-order valence-corrected chi connectivity index (χ2v) is 7.50. The first-order valence-corrected chi connectivity index (χ1v) is 8.81. The van der Waals surface area contributed by atoms with Crippen LogP contribution in [0.3, 0.4) is 0 Å². The van der Waals surface area contributed by atoms with Gasteiger partial charge in [-0.05, 0) is 13.0 Å². The van der Waals surface area contributed by atoms with E-state index in [1.165, 1.54) is 13.1 Å².